The second-order valence-electron chi connectivity index (χ2n) is 3.22. The van der Waals surface area contributed by atoms with Crippen molar-refractivity contribution in [3.63, 3.8) is 0 Å². The van der Waals surface area contributed by atoms with Gasteiger partial charge < -0.3 is 10.0 Å². The van der Waals surface area contributed by atoms with Gasteiger partial charge in [0.15, 0.2) is 0 Å². The molecule has 0 aliphatic heterocycles. The lowest BCUT2D eigenvalue weighted by Gasteiger charge is -2.22. The van der Waals surface area contributed by atoms with E-state index in [1.807, 2.05) is 45.0 Å². The zero-order chi connectivity index (χ0) is 13.1. The Balaban J connectivity index is 0.00000121. The highest BCUT2D eigenvalue weighted by molar-refractivity contribution is 7.93. The third-order valence-electron chi connectivity index (χ3n) is 2.27. The number of anilines is 1. The number of aliphatic hydroxyl groups is 1. The third-order valence-corrected chi connectivity index (χ3v) is 2.72. The summed E-state index contributed by atoms with van der Waals surface area (Å²) in [6, 6.07) is 7.76. The minimum atomic E-state index is 0.149. The summed E-state index contributed by atoms with van der Waals surface area (Å²) < 4.78 is 12.0. The van der Waals surface area contributed by atoms with E-state index in [9.17, 15) is 3.89 Å². The van der Waals surface area contributed by atoms with E-state index in [1.54, 1.807) is 0 Å². The molecule has 0 spiro atoms. The summed E-state index contributed by atoms with van der Waals surface area (Å²) in [6.07, 6.45) is 0. The number of aliphatic hydroxyl groups excluding tert-OH is 1. The van der Waals surface area contributed by atoms with Crippen LogP contribution in [0.15, 0.2) is 24.3 Å². The highest BCUT2D eigenvalue weighted by Crippen LogP contribution is 2.18. The molecule has 98 valence electrons. The molecule has 0 unspecified atom stereocenters. The van der Waals surface area contributed by atoms with Gasteiger partial charge in [0.25, 0.3) is 0 Å². The maximum Gasteiger partial charge on any atom is 0.0606 e. The second-order valence-corrected chi connectivity index (χ2v) is 3.73. The number of benzene rings is 1. The van der Waals surface area contributed by atoms with E-state index < -0.39 is 0 Å². The lowest BCUT2D eigenvalue weighted by molar-refractivity contribution is 0.302. The number of halogens is 1. The lowest BCUT2D eigenvalue weighted by atomic mass is 10.2. The fraction of sp³-hybridized carbons (Fsp3) is 0.538. The molecule has 0 saturated heterocycles. The molecule has 4 heteroatoms. The van der Waals surface area contributed by atoms with E-state index >= 15 is 0 Å². The second kappa shape index (κ2) is 10.4. The fourth-order valence-electron chi connectivity index (χ4n) is 1.46. The molecule has 0 amide bonds. The number of hydrogen-bond donors (Lipinski definition) is 1. The molecule has 0 heterocycles. The van der Waals surface area contributed by atoms with Crippen molar-refractivity contribution < 1.29 is 8.99 Å². The summed E-state index contributed by atoms with van der Waals surface area (Å²) in [5.41, 5.74) is 2.05. The smallest absolute Gasteiger partial charge is 0.0606 e. The number of rotatable bonds is 6. The number of hydrogen-bond acceptors (Lipinski definition) is 3. The van der Waals surface area contributed by atoms with E-state index in [2.05, 4.69) is 4.90 Å². The Kier molecular flexibility index (Phi) is 9.96. The molecule has 0 atom stereocenters. The average molecular weight is 259 g/mol. The minimum Gasteiger partial charge on any atom is -0.395 e. The van der Waals surface area contributed by atoms with Gasteiger partial charge in [0.1, 0.15) is 0 Å². The van der Waals surface area contributed by atoms with Crippen LogP contribution < -0.4 is 4.90 Å². The Bertz CT molecular complexity index is 279. The molecule has 2 nitrogen and oxygen atoms in total. The Morgan fingerprint density at radius 1 is 1.24 bits per heavy atom. The van der Waals surface area contributed by atoms with Crippen molar-refractivity contribution in [2.24, 2.45) is 0 Å². The summed E-state index contributed by atoms with van der Waals surface area (Å²) in [5.74, 6) is 0.395. The molecule has 0 aromatic heterocycles. The zero-order valence-corrected chi connectivity index (χ0v) is 11.6. The predicted molar refractivity (Wildman–Crippen MR) is 75.2 cm³/mol. The van der Waals surface area contributed by atoms with Gasteiger partial charge in [0.05, 0.1) is 12.4 Å². The summed E-state index contributed by atoms with van der Waals surface area (Å²) in [7, 11) is 0. The molecule has 1 aromatic carbocycles. The maximum absolute atomic E-state index is 12.0. The number of nitrogens with zero attached hydrogens (tertiary/aromatic N) is 1. The minimum absolute atomic E-state index is 0.149. The van der Waals surface area contributed by atoms with Crippen LogP contribution >= 0.6 is 12.1 Å². The van der Waals surface area contributed by atoms with Crippen LogP contribution in [0.5, 0.6) is 0 Å². The van der Waals surface area contributed by atoms with E-state index in [1.165, 1.54) is 0 Å². The van der Waals surface area contributed by atoms with Gasteiger partial charge in [0.2, 0.25) is 0 Å². The van der Waals surface area contributed by atoms with Gasteiger partial charge >= 0.3 is 0 Å². The first-order valence-corrected chi connectivity index (χ1v) is 6.88. The molecule has 17 heavy (non-hydrogen) atoms. The van der Waals surface area contributed by atoms with Crippen LogP contribution in [0.25, 0.3) is 0 Å². The Labute approximate surface area is 108 Å². The molecule has 1 aromatic rings. The van der Waals surface area contributed by atoms with Crippen molar-refractivity contribution in [3.05, 3.63) is 29.8 Å². The Hall–Kier alpha value is -0.740. The first-order chi connectivity index (χ1) is 8.31. The van der Waals surface area contributed by atoms with Crippen molar-refractivity contribution >= 4 is 17.8 Å². The summed E-state index contributed by atoms with van der Waals surface area (Å²) in [6.45, 7) is 7.68. The van der Waals surface area contributed by atoms with E-state index in [0.717, 1.165) is 17.8 Å². The molecule has 0 fully saturated rings. The van der Waals surface area contributed by atoms with Crippen molar-refractivity contribution in [2.45, 2.75) is 26.5 Å². The predicted octanol–water partition coefficient (Wildman–Crippen LogP) is 3.65. The first-order valence-electron chi connectivity index (χ1n) is 6.00. The summed E-state index contributed by atoms with van der Waals surface area (Å²) in [5, 5.41) is 8.87. The van der Waals surface area contributed by atoms with Crippen LogP contribution in [-0.4, -0.2) is 24.8 Å². The van der Waals surface area contributed by atoms with Crippen molar-refractivity contribution in [3.8, 4) is 0 Å². The summed E-state index contributed by atoms with van der Waals surface area (Å²) >= 11 is 0.331. The van der Waals surface area contributed by atoms with Crippen LogP contribution in [0, 0.1) is 0 Å². The normalized spacial score (nSPS) is 9.47. The van der Waals surface area contributed by atoms with Gasteiger partial charge in [-0.25, -0.2) is 0 Å². The molecule has 1 rings (SSSR count). The molecule has 1 N–H and O–H groups in total. The third kappa shape index (κ3) is 5.94. The van der Waals surface area contributed by atoms with Gasteiger partial charge in [-0.15, -0.1) is 0 Å². The molecule has 0 radical (unpaired) electrons. The van der Waals surface area contributed by atoms with Crippen molar-refractivity contribution in [1.29, 1.82) is 0 Å². The van der Waals surface area contributed by atoms with Crippen molar-refractivity contribution in [2.75, 3.05) is 24.6 Å². The average Bonchev–Trinajstić information content (AvgIpc) is 2.40. The molecule has 0 aliphatic carbocycles. The van der Waals surface area contributed by atoms with Gasteiger partial charge in [0, 0.05) is 30.9 Å². The van der Waals surface area contributed by atoms with E-state index in [4.69, 9.17) is 5.11 Å². The fourth-order valence-corrected chi connectivity index (χ4v) is 1.77. The highest BCUT2D eigenvalue weighted by atomic mass is 32.2. The zero-order valence-electron chi connectivity index (χ0n) is 10.8. The van der Waals surface area contributed by atoms with Crippen LogP contribution in [0.1, 0.15) is 26.3 Å². The molecular formula is C13H22FNOS. The lowest BCUT2D eigenvalue weighted by Crippen LogP contribution is -2.25. The summed E-state index contributed by atoms with van der Waals surface area (Å²) in [4.78, 5) is 2.08. The Morgan fingerprint density at radius 3 is 2.24 bits per heavy atom. The molecule has 0 bridgehead atoms. The van der Waals surface area contributed by atoms with Gasteiger partial charge in [-0.1, -0.05) is 26.0 Å². The van der Waals surface area contributed by atoms with Crippen LogP contribution in [-0.2, 0) is 5.75 Å². The van der Waals surface area contributed by atoms with Crippen LogP contribution in [0.2, 0.25) is 0 Å². The SMILES string of the molecule is CC.CCN(CCO)c1ccc(CSF)cc1. The van der Waals surface area contributed by atoms with Gasteiger partial charge in [-0.3, -0.25) is 0 Å². The van der Waals surface area contributed by atoms with Crippen molar-refractivity contribution in [1.82, 2.24) is 0 Å². The van der Waals surface area contributed by atoms with Crippen LogP contribution in [0.3, 0.4) is 0 Å². The van der Waals surface area contributed by atoms with Gasteiger partial charge in [-0.05, 0) is 24.6 Å². The van der Waals surface area contributed by atoms with Gasteiger partial charge in [-0.2, -0.15) is 3.89 Å². The monoisotopic (exact) mass is 259 g/mol. The maximum atomic E-state index is 12.0. The molecule has 0 aliphatic rings. The van der Waals surface area contributed by atoms with Crippen LogP contribution in [0.4, 0.5) is 9.57 Å². The Morgan fingerprint density at radius 2 is 1.82 bits per heavy atom. The first kappa shape index (κ1) is 16.3. The standard InChI is InChI=1S/C11H16FNOS.C2H6/c1-2-13(7-8-14)11-5-3-10(4-6-11)9-15-12;1-2/h3-6,14H,2,7-9H2,1H3;1-2H3. The molecule has 0 saturated carbocycles. The largest absolute Gasteiger partial charge is 0.395 e. The quantitative estimate of drug-likeness (QED) is 0.843. The topological polar surface area (TPSA) is 23.5 Å². The van der Waals surface area contributed by atoms with E-state index in [0.29, 0.717) is 24.4 Å². The highest BCUT2D eigenvalue weighted by Gasteiger charge is 2.02. The number of likely N-dealkylation sites (N-methyl/N-ethyl adjacent to an activating group) is 1. The van der Waals surface area contributed by atoms with E-state index in [-0.39, 0.29) is 6.61 Å². The molecular weight excluding hydrogens is 237 g/mol.